The van der Waals surface area contributed by atoms with Crippen LogP contribution >= 0.6 is 0 Å². The van der Waals surface area contributed by atoms with Gasteiger partial charge in [-0.25, -0.2) is 9.78 Å². The van der Waals surface area contributed by atoms with Crippen LogP contribution in [0.4, 0.5) is 15.0 Å². The van der Waals surface area contributed by atoms with Crippen molar-refractivity contribution in [3.05, 3.63) is 18.3 Å². The van der Waals surface area contributed by atoms with Crippen LogP contribution in [-0.2, 0) is 4.74 Å². The van der Waals surface area contributed by atoms with E-state index in [2.05, 4.69) is 9.97 Å². The smallest absolute Gasteiger partial charge is 0.416 e. The van der Waals surface area contributed by atoms with Crippen LogP contribution in [0.25, 0.3) is 0 Å². The summed E-state index contributed by atoms with van der Waals surface area (Å²) in [6, 6.07) is 1.47. The van der Waals surface area contributed by atoms with Crippen molar-refractivity contribution in [3.8, 4) is 0 Å². The zero-order valence-corrected chi connectivity index (χ0v) is 8.40. The Kier molecular flexibility index (Phi) is 2.06. The van der Waals surface area contributed by atoms with Gasteiger partial charge in [-0.1, -0.05) is 0 Å². The van der Waals surface area contributed by atoms with Gasteiger partial charge in [-0.2, -0.15) is 9.37 Å². The van der Waals surface area contributed by atoms with E-state index in [1.807, 2.05) is 13.8 Å². The second-order valence-corrected chi connectivity index (χ2v) is 3.89. The average molecular weight is 211 g/mol. The third kappa shape index (κ3) is 1.62. The molecule has 1 aliphatic heterocycles. The van der Waals surface area contributed by atoms with Crippen LogP contribution in [0.5, 0.6) is 0 Å². The monoisotopic (exact) mass is 211 g/mol. The van der Waals surface area contributed by atoms with Gasteiger partial charge in [-0.15, -0.1) is 0 Å². The lowest BCUT2D eigenvalue weighted by Crippen LogP contribution is -2.42. The van der Waals surface area contributed by atoms with Gasteiger partial charge in [0, 0.05) is 6.20 Å². The number of nitrogens with zero attached hydrogens (tertiary/aromatic N) is 3. The molecule has 6 heteroatoms. The Morgan fingerprint density at radius 3 is 2.87 bits per heavy atom. The minimum atomic E-state index is -0.858. The third-order valence-corrected chi connectivity index (χ3v) is 2.18. The molecule has 2 heterocycles. The number of hydrogen-bond donors (Lipinski definition) is 0. The van der Waals surface area contributed by atoms with Crippen molar-refractivity contribution in [2.45, 2.75) is 19.4 Å². The van der Waals surface area contributed by atoms with Gasteiger partial charge >= 0.3 is 12.2 Å². The normalized spacial score (nSPS) is 19.1. The maximum Gasteiger partial charge on any atom is 0.416 e. The molecule has 0 aromatic carbocycles. The van der Waals surface area contributed by atoms with Gasteiger partial charge in [-0.05, 0) is 19.9 Å². The molecule has 0 atom stereocenters. The lowest BCUT2D eigenvalue weighted by atomic mass is 10.1. The van der Waals surface area contributed by atoms with Crippen LogP contribution in [0.1, 0.15) is 13.8 Å². The number of amides is 1. The minimum absolute atomic E-state index is 0.218. The lowest BCUT2D eigenvalue weighted by molar-refractivity contribution is 0.175. The molecule has 0 unspecified atom stereocenters. The van der Waals surface area contributed by atoms with Crippen molar-refractivity contribution in [2.24, 2.45) is 0 Å². The standard InChI is InChI=1S/C9H10FN3O2/c1-9(2)5-15-8(14)13(9)6-3-4-11-7(10)12-6/h3-4H,5H2,1-2H3. The fourth-order valence-corrected chi connectivity index (χ4v) is 1.47. The first-order valence-electron chi connectivity index (χ1n) is 4.46. The molecule has 1 amide bonds. The molecular formula is C9H10FN3O2. The molecule has 2 rings (SSSR count). The van der Waals surface area contributed by atoms with Crippen molar-refractivity contribution >= 4 is 11.9 Å². The summed E-state index contributed by atoms with van der Waals surface area (Å²) in [6.45, 7) is 3.90. The molecule has 80 valence electrons. The Morgan fingerprint density at radius 2 is 2.33 bits per heavy atom. The quantitative estimate of drug-likeness (QED) is 0.658. The Bertz CT molecular complexity index is 408. The first-order valence-corrected chi connectivity index (χ1v) is 4.46. The van der Waals surface area contributed by atoms with Crippen LogP contribution in [0, 0.1) is 6.08 Å². The van der Waals surface area contributed by atoms with Crippen LogP contribution < -0.4 is 4.90 Å². The molecule has 0 bridgehead atoms. The Morgan fingerprint density at radius 1 is 1.60 bits per heavy atom. The maximum absolute atomic E-state index is 12.8. The van der Waals surface area contributed by atoms with Crippen LogP contribution in [0.2, 0.25) is 0 Å². The van der Waals surface area contributed by atoms with Gasteiger partial charge < -0.3 is 4.74 Å². The second kappa shape index (κ2) is 3.15. The predicted octanol–water partition coefficient (Wildman–Crippen LogP) is 1.35. The van der Waals surface area contributed by atoms with Gasteiger partial charge in [0.2, 0.25) is 0 Å². The maximum atomic E-state index is 12.8. The van der Waals surface area contributed by atoms with Crippen LogP contribution in [0.3, 0.4) is 0 Å². The molecule has 15 heavy (non-hydrogen) atoms. The van der Waals surface area contributed by atoms with Gasteiger partial charge in [-0.3, -0.25) is 4.90 Å². The van der Waals surface area contributed by atoms with E-state index >= 15 is 0 Å². The minimum Gasteiger partial charge on any atom is -0.447 e. The molecule has 0 spiro atoms. The van der Waals surface area contributed by atoms with E-state index in [4.69, 9.17) is 4.74 Å². The number of cyclic esters (lactones) is 1. The Balaban J connectivity index is 2.41. The summed E-state index contributed by atoms with van der Waals surface area (Å²) in [6.07, 6.45) is -0.111. The van der Waals surface area contributed by atoms with E-state index in [-0.39, 0.29) is 12.4 Å². The summed E-state index contributed by atoms with van der Waals surface area (Å²) >= 11 is 0. The number of halogens is 1. The Labute approximate surface area is 85.9 Å². The summed E-state index contributed by atoms with van der Waals surface area (Å²) in [4.78, 5) is 19.6. The van der Waals surface area contributed by atoms with Gasteiger partial charge in [0.25, 0.3) is 0 Å². The molecule has 1 aromatic heterocycles. The van der Waals surface area contributed by atoms with Crippen molar-refractivity contribution in [3.63, 3.8) is 0 Å². The predicted molar refractivity (Wildman–Crippen MR) is 49.9 cm³/mol. The molecule has 1 aromatic rings. The van der Waals surface area contributed by atoms with E-state index in [0.717, 1.165) is 0 Å². The number of hydrogen-bond acceptors (Lipinski definition) is 4. The molecule has 1 aliphatic rings. The van der Waals surface area contributed by atoms with Gasteiger partial charge in [0.05, 0.1) is 5.54 Å². The van der Waals surface area contributed by atoms with Crippen LogP contribution in [0.15, 0.2) is 12.3 Å². The van der Waals surface area contributed by atoms with E-state index < -0.39 is 17.7 Å². The highest BCUT2D eigenvalue weighted by atomic mass is 19.1. The van der Waals surface area contributed by atoms with E-state index in [1.54, 1.807) is 0 Å². The summed E-state index contributed by atoms with van der Waals surface area (Å²) in [5.41, 5.74) is -0.516. The fraction of sp³-hybridized carbons (Fsp3) is 0.444. The highest BCUT2D eigenvalue weighted by Gasteiger charge is 2.41. The molecule has 0 radical (unpaired) electrons. The molecule has 0 aliphatic carbocycles. The number of rotatable bonds is 1. The van der Waals surface area contributed by atoms with Crippen molar-refractivity contribution in [1.29, 1.82) is 0 Å². The van der Waals surface area contributed by atoms with E-state index in [1.165, 1.54) is 17.2 Å². The van der Waals surface area contributed by atoms with Crippen LogP contribution in [-0.4, -0.2) is 28.2 Å². The molecule has 5 nitrogen and oxygen atoms in total. The molecular weight excluding hydrogens is 201 g/mol. The first kappa shape index (κ1) is 9.82. The summed E-state index contributed by atoms with van der Waals surface area (Å²) in [5.74, 6) is 0.218. The topological polar surface area (TPSA) is 55.3 Å². The number of aromatic nitrogens is 2. The SMILES string of the molecule is CC1(C)COC(=O)N1c1ccnc(F)n1. The first-order chi connectivity index (χ1) is 7.00. The molecule has 0 saturated carbocycles. The number of ether oxygens (including phenoxy) is 1. The number of carbonyl (C=O) groups excluding carboxylic acids is 1. The van der Waals surface area contributed by atoms with Gasteiger partial charge in [0.1, 0.15) is 12.4 Å². The summed E-state index contributed by atoms with van der Waals surface area (Å²) in [7, 11) is 0. The van der Waals surface area contributed by atoms with Crippen molar-refractivity contribution < 1.29 is 13.9 Å². The lowest BCUT2D eigenvalue weighted by Gasteiger charge is -2.26. The summed E-state index contributed by atoms with van der Waals surface area (Å²) < 4.78 is 17.7. The van der Waals surface area contributed by atoms with Crippen molar-refractivity contribution in [1.82, 2.24) is 9.97 Å². The van der Waals surface area contributed by atoms with Crippen molar-refractivity contribution in [2.75, 3.05) is 11.5 Å². The zero-order valence-electron chi connectivity index (χ0n) is 8.40. The van der Waals surface area contributed by atoms with E-state index in [9.17, 15) is 9.18 Å². The fourth-order valence-electron chi connectivity index (χ4n) is 1.47. The molecule has 1 saturated heterocycles. The molecule has 0 N–H and O–H groups in total. The summed E-state index contributed by atoms with van der Waals surface area (Å²) in [5, 5.41) is 0. The number of carbonyl (C=O) groups is 1. The zero-order chi connectivity index (χ0) is 11.1. The average Bonchev–Trinajstić information content (AvgIpc) is 2.40. The van der Waals surface area contributed by atoms with E-state index in [0.29, 0.717) is 0 Å². The Hall–Kier alpha value is -1.72. The second-order valence-electron chi connectivity index (χ2n) is 3.89. The largest absolute Gasteiger partial charge is 0.447 e. The third-order valence-electron chi connectivity index (χ3n) is 2.18. The number of anilines is 1. The van der Waals surface area contributed by atoms with Gasteiger partial charge in [0.15, 0.2) is 0 Å². The highest BCUT2D eigenvalue weighted by Crippen LogP contribution is 2.28. The highest BCUT2D eigenvalue weighted by molar-refractivity contribution is 5.90. The molecule has 1 fully saturated rings.